The van der Waals surface area contributed by atoms with Gasteiger partial charge in [0.2, 0.25) is 17.6 Å². The number of nitrogens with one attached hydrogen (secondary N) is 2. The first kappa shape index (κ1) is 27.7. The number of hydrogen-bond donors (Lipinski definition) is 3. The molecule has 4 rings (SSSR count). The first-order valence-electron chi connectivity index (χ1n) is 13.2. The van der Waals surface area contributed by atoms with Crippen molar-refractivity contribution in [3.63, 3.8) is 0 Å². The van der Waals surface area contributed by atoms with Gasteiger partial charge in [0.15, 0.2) is 5.58 Å². The van der Waals surface area contributed by atoms with Crippen molar-refractivity contribution < 1.29 is 28.7 Å². The van der Waals surface area contributed by atoms with Gasteiger partial charge in [-0.25, -0.2) is 14.8 Å². The second kappa shape index (κ2) is 12.1. The van der Waals surface area contributed by atoms with E-state index in [0.717, 1.165) is 31.4 Å². The molecule has 3 aromatic rings. The Bertz CT molecular complexity index is 1380. The molecule has 0 aromatic carbocycles. The van der Waals surface area contributed by atoms with E-state index in [4.69, 9.17) is 4.42 Å². The van der Waals surface area contributed by atoms with E-state index in [1.165, 1.54) is 12.1 Å². The number of aromatic carboxylic acids is 1. The smallest absolute Gasteiger partial charge is 0.354 e. The Kier molecular flexibility index (Phi) is 8.58. The van der Waals surface area contributed by atoms with Crippen LogP contribution in [0.5, 0.6) is 0 Å². The molecule has 11 heteroatoms. The monoisotopic (exact) mass is 535 g/mol. The van der Waals surface area contributed by atoms with E-state index < -0.39 is 17.8 Å². The minimum atomic E-state index is -1.25. The Balaban J connectivity index is 1.56. The van der Waals surface area contributed by atoms with Gasteiger partial charge in [0.25, 0.3) is 5.91 Å². The molecule has 1 unspecified atom stereocenters. The van der Waals surface area contributed by atoms with Crippen molar-refractivity contribution in [2.24, 2.45) is 5.92 Å². The van der Waals surface area contributed by atoms with Gasteiger partial charge in [-0.05, 0) is 56.4 Å². The molecular formula is C28H33N5O6. The first-order chi connectivity index (χ1) is 18.7. The number of fused-ring (bicyclic) bond motifs is 1. The number of anilines is 2. The van der Waals surface area contributed by atoms with Crippen LogP contribution in [0.25, 0.3) is 11.1 Å². The summed E-state index contributed by atoms with van der Waals surface area (Å²) in [6, 6.07) is 6.16. The molecule has 1 saturated heterocycles. The summed E-state index contributed by atoms with van der Waals surface area (Å²) in [5.41, 5.74) is 0.870. The lowest BCUT2D eigenvalue weighted by atomic mass is 9.97. The molecule has 3 aromatic heterocycles. The highest BCUT2D eigenvalue weighted by atomic mass is 16.4. The van der Waals surface area contributed by atoms with E-state index in [0.29, 0.717) is 19.3 Å². The van der Waals surface area contributed by atoms with Crippen molar-refractivity contribution in [3.8, 4) is 0 Å². The topological polar surface area (TPSA) is 155 Å². The van der Waals surface area contributed by atoms with Gasteiger partial charge in [-0.2, -0.15) is 0 Å². The van der Waals surface area contributed by atoms with Crippen LogP contribution in [0, 0.1) is 12.8 Å². The lowest BCUT2D eigenvalue weighted by Crippen LogP contribution is -2.37. The average Bonchev–Trinajstić information content (AvgIpc) is 3.50. The fourth-order valence-electron chi connectivity index (χ4n) is 4.75. The molecule has 4 heterocycles. The van der Waals surface area contributed by atoms with Gasteiger partial charge >= 0.3 is 5.97 Å². The molecule has 3 amide bonds. The molecule has 0 saturated carbocycles. The van der Waals surface area contributed by atoms with Crippen LogP contribution in [0.15, 0.2) is 34.9 Å². The molecule has 0 bridgehead atoms. The van der Waals surface area contributed by atoms with E-state index in [-0.39, 0.29) is 51.9 Å². The number of carboxylic acids is 1. The van der Waals surface area contributed by atoms with Crippen molar-refractivity contribution in [2.75, 3.05) is 17.2 Å². The summed E-state index contributed by atoms with van der Waals surface area (Å²) < 4.78 is 5.73. The summed E-state index contributed by atoms with van der Waals surface area (Å²) in [6.07, 6.45) is 6.02. The van der Waals surface area contributed by atoms with Gasteiger partial charge in [0, 0.05) is 31.1 Å². The van der Waals surface area contributed by atoms with Crippen LogP contribution < -0.4 is 10.6 Å². The maximum Gasteiger partial charge on any atom is 0.354 e. The molecule has 2 atom stereocenters. The molecule has 39 heavy (non-hydrogen) atoms. The van der Waals surface area contributed by atoms with E-state index in [1.54, 1.807) is 25.3 Å². The van der Waals surface area contributed by atoms with Crippen molar-refractivity contribution in [1.29, 1.82) is 0 Å². The number of amides is 3. The predicted molar refractivity (Wildman–Crippen MR) is 145 cm³/mol. The van der Waals surface area contributed by atoms with E-state index in [2.05, 4.69) is 27.5 Å². The predicted octanol–water partition coefficient (Wildman–Crippen LogP) is 4.63. The fourth-order valence-corrected chi connectivity index (χ4v) is 4.75. The number of pyridine rings is 2. The number of furan rings is 1. The lowest BCUT2D eigenvalue weighted by Gasteiger charge is -2.28. The van der Waals surface area contributed by atoms with Crippen LogP contribution in [-0.2, 0) is 9.59 Å². The van der Waals surface area contributed by atoms with Crippen LogP contribution in [0.2, 0.25) is 0 Å². The summed E-state index contributed by atoms with van der Waals surface area (Å²) in [7, 11) is 0. The molecule has 1 fully saturated rings. The normalized spacial score (nSPS) is 14.8. The Morgan fingerprint density at radius 3 is 2.56 bits per heavy atom. The third-order valence-corrected chi connectivity index (χ3v) is 6.91. The van der Waals surface area contributed by atoms with Crippen LogP contribution >= 0.6 is 0 Å². The van der Waals surface area contributed by atoms with Crippen LogP contribution in [-0.4, -0.2) is 56.3 Å². The van der Waals surface area contributed by atoms with Gasteiger partial charge < -0.3 is 25.1 Å². The summed E-state index contributed by atoms with van der Waals surface area (Å²) in [4.78, 5) is 60.4. The maximum absolute atomic E-state index is 13.3. The molecular weight excluding hydrogens is 502 g/mol. The minimum Gasteiger partial charge on any atom is -0.477 e. The molecule has 11 nitrogen and oxygen atoms in total. The summed E-state index contributed by atoms with van der Waals surface area (Å²) in [5, 5.41) is 14.8. The lowest BCUT2D eigenvalue weighted by molar-refractivity contribution is -0.130. The largest absolute Gasteiger partial charge is 0.477 e. The summed E-state index contributed by atoms with van der Waals surface area (Å²) >= 11 is 0. The Morgan fingerprint density at radius 1 is 1.13 bits per heavy atom. The molecule has 0 radical (unpaired) electrons. The van der Waals surface area contributed by atoms with Gasteiger partial charge in [0.1, 0.15) is 22.7 Å². The van der Waals surface area contributed by atoms with Crippen molar-refractivity contribution in [1.82, 2.24) is 14.9 Å². The third-order valence-electron chi connectivity index (χ3n) is 6.91. The number of rotatable bonds is 11. The van der Waals surface area contributed by atoms with Gasteiger partial charge in [-0.15, -0.1) is 0 Å². The van der Waals surface area contributed by atoms with Crippen LogP contribution in [0.3, 0.4) is 0 Å². The van der Waals surface area contributed by atoms with Crippen molar-refractivity contribution in [3.05, 3.63) is 47.5 Å². The molecule has 0 aliphatic carbocycles. The Morgan fingerprint density at radius 2 is 1.92 bits per heavy atom. The number of carboxylic acid groups (broad SMARTS) is 1. The fraction of sp³-hybridized carbons (Fsp3) is 0.429. The zero-order chi connectivity index (χ0) is 28.1. The van der Waals surface area contributed by atoms with Crippen LogP contribution in [0.4, 0.5) is 11.5 Å². The highest BCUT2D eigenvalue weighted by Gasteiger charge is 2.29. The molecule has 3 N–H and O–H groups in total. The quantitative estimate of drug-likeness (QED) is 0.321. The Hall–Kier alpha value is -4.28. The Labute approximate surface area is 226 Å². The number of nitrogens with zero attached hydrogens (tertiary/aromatic N) is 3. The number of aryl methyl sites for hydroxylation is 1. The molecule has 0 spiro atoms. The third kappa shape index (κ3) is 6.42. The second-order valence-corrected chi connectivity index (χ2v) is 9.93. The van der Waals surface area contributed by atoms with E-state index in [9.17, 15) is 24.3 Å². The van der Waals surface area contributed by atoms with Crippen molar-refractivity contribution in [2.45, 2.75) is 65.3 Å². The number of carbonyl (C=O) groups is 4. The summed E-state index contributed by atoms with van der Waals surface area (Å²) in [5.74, 6) is -2.51. The second-order valence-electron chi connectivity index (χ2n) is 9.93. The van der Waals surface area contributed by atoms with Crippen molar-refractivity contribution >= 4 is 46.3 Å². The zero-order valence-electron chi connectivity index (χ0n) is 22.3. The van der Waals surface area contributed by atoms with Gasteiger partial charge in [0.05, 0.1) is 0 Å². The van der Waals surface area contributed by atoms with Gasteiger partial charge in [-0.1, -0.05) is 26.3 Å². The summed E-state index contributed by atoms with van der Waals surface area (Å²) in [6.45, 7) is 6.46. The van der Waals surface area contributed by atoms with Crippen LogP contribution in [0.1, 0.15) is 79.0 Å². The molecule has 1 aliphatic rings. The first-order valence-corrected chi connectivity index (χ1v) is 13.2. The van der Waals surface area contributed by atoms with E-state index >= 15 is 0 Å². The van der Waals surface area contributed by atoms with Gasteiger partial charge in [-0.3, -0.25) is 14.4 Å². The highest BCUT2D eigenvalue weighted by Crippen LogP contribution is 2.31. The number of aromatic nitrogens is 2. The highest BCUT2D eigenvalue weighted by molar-refractivity contribution is 6.14. The molecule has 206 valence electrons. The number of carbonyl (C=O) groups excluding carboxylic acids is 3. The zero-order valence-corrected chi connectivity index (χ0v) is 22.3. The minimum absolute atomic E-state index is 0.00519. The number of hydrogen-bond acceptors (Lipinski definition) is 7. The standard InChI is InChI=1S/C28H33N5O6/c1-4-6-18(33-14-5-7-22(33)34)10-9-17(3)26(35)32-24-23-20(12-11-19(30-23)28(37)38)39-25(24)27(36)31-21-13-8-16(2)15-29-21/h8,11-13,15,17-18H,4-7,9-10,14H2,1-3H3,(H,32,35)(H,37,38)(H,29,31,36)/t17-,18?/m0/s1. The average molecular weight is 536 g/mol. The molecule has 1 aliphatic heterocycles. The SMILES string of the molecule is CCCC(CC[C@H](C)C(=O)Nc1c(C(=O)Nc2ccc(C)cn2)oc2ccc(C(=O)O)nc12)N1CCCC1=O. The maximum atomic E-state index is 13.3. The number of likely N-dealkylation sites (tertiary alicyclic amines) is 1. The van der Waals surface area contributed by atoms with E-state index in [1.807, 2.05) is 11.8 Å².